The second kappa shape index (κ2) is 9.60. The topological polar surface area (TPSA) is 51.5 Å². The summed E-state index contributed by atoms with van der Waals surface area (Å²) in [7, 11) is 0. The number of aryl methyl sites for hydroxylation is 1. The van der Waals surface area contributed by atoms with Crippen LogP contribution in [0.3, 0.4) is 0 Å². The SMILES string of the molecule is Cc1ccc(-c2cc(C(=O)CC(C)C)cc(C3=NOC(c4ncccc4C(F)(F)F)C3)c2)c(F)c1. The van der Waals surface area contributed by atoms with E-state index < -0.39 is 23.7 Å². The van der Waals surface area contributed by atoms with Gasteiger partial charge in [0.15, 0.2) is 11.9 Å². The van der Waals surface area contributed by atoms with E-state index in [4.69, 9.17) is 4.84 Å². The van der Waals surface area contributed by atoms with Crippen LogP contribution in [-0.4, -0.2) is 16.5 Å². The van der Waals surface area contributed by atoms with E-state index in [1.165, 1.54) is 18.3 Å². The fourth-order valence-corrected chi connectivity index (χ4v) is 4.06. The Morgan fingerprint density at radius 2 is 1.86 bits per heavy atom. The molecule has 0 saturated carbocycles. The highest BCUT2D eigenvalue weighted by molar-refractivity contribution is 6.05. The number of alkyl halides is 3. The van der Waals surface area contributed by atoms with Crippen LogP contribution in [-0.2, 0) is 11.0 Å². The number of carbonyl (C=O) groups is 1. The average molecular weight is 484 g/mol. The Balaban J connectivity index is 1.73. The van der Waals surface area contributed by atoms with Gasteiger partial charge in [-0.1, -0.05) is 31.1 Å². The molecule has 182 valence electrons. The van der Waals surface area contributed by atoms with Crippen molar-refractivity contribution in [1.29, 1.82) is 0 Å². The predicted molar refractivity (Wildman–Crippen MR) is 125 cm³/mol. The molecule has 1 aromatic heterocycles. The number of aromatic nitrogens is 1. The Bertz CT molecular complexity index is 1300. The van der Waals surface area contributed by atoms with Gasteiger partial charge in [-0.25, -0.2) is 4.39 Å². The quantitative estimate of drug-likeness (QED) is 0.272. The summed E-state index contributed by atoms with van der Waals surface area (Å²) in [6.07, 6.45) is -4.02. The largest absolute Gasteiger partial charge is 0.418 e. The molecule has 1 atom stereocenters. The molecule has 8 heteroatoms. The highest BCUT2D eigenvalue weighted by Gasteiger charge is 2.38. The van der Waals surface area contributed by atoms with Crippen molar-refractivity contribution in [3.63, 3.8) is 0 Å². The van der Waals surface area contributed by atoms with E-state index in [1.807, 2.05) is 13.8 Å². The van der Waals surface area contributed by atoms with Gasteiger partial charge < -0.3 is 4.84 Å². The maximum absolute atomic E-state index is 14.8. The van der Waals surface area contributed by atoms with Gasteiger partial charge in [0, 0.05) is 35.7 Å². The first-order valence-corrected chi connectivity index (χ1v) is 11.2. The molecule has 0 amide bonds. The van der Waals surface area contributed by atoms with E-state index in [-0.39, 0.29) is 23.8 Å². The number of hydrogen-bond acceptors (Lipinski definition) is 4. The molecule has 0 spiro atoms. The summed E-state index contributed by atoms with van der Waals surface area (Å²) >= 11 is 0. The first kappa shape index (κ1) is 24.6. The van der Waals surface area contributed by atoms with E-state index >= 15 is 0 Å². The van der Waals surface area contributed by atoms with Crippen LogP contribution in [0.15, 0.2) is 59.9 Å². The third-order valence-corrected chi connectivity index (χ3v) is 5.74. The lowest BCUT2D eigenvalue weighted by molar-refractivity contribution is -0.139. The monoisotopic (exact) mass is 484 g/mol. The van der Waals surface area contributed by atoms with Crippen LogP contribution in [0.25, 0.3) is 11.1 Å². The molecule has 1 aliphatic heterocycles. The smallest absolute Gasteiger partial charge is 0.385 e. The zero-order chi connectivity index (χ0) is 25.3. The molecule has 0 N–H and O–H groups in total. The molecule has 2 heterocycles. The van der Waals surface area contributed by atoms with Gasteiger partial charge in [-0.05, 0) is 60.4 Å². The molecule has 0 bridgehead atoms. The van der Waals surface area contributed by atoms with Gasteiger partial charge in [-0.3, -0.25) is 9.78 Å². The maximum Gasteiger partial charge on any atom is 0.418 e. The van der Waals surface area contributed by atoms with E-state index in [0.717, 1.165) is 11.6 Å². The average Bonchev–Trinajstić information content (AvgIpc) is 3.28. The van der Waals surface area contributed by atoms with E-state index in [1.54, 1.807) is 37.3 Å². The molecule has 0 aliphatic carbocycles. The Hall–Kier alpha value is -3.55. The van der Waals surface area contributed by atoms with Gasteiger partial charge in [0.2, 0.25) is 0 Å². The number of hydrogen-bond donors (Lipinski definition) is 0. The molecule has 4 rings (SSSR count). The second-order valence-electron chi connectivity index (χ2n) is 9.07. The van der Waals surface area contributed by atoms with Crippen molar-refractivity contribution in [3.8, 4) is 11.1 Å². The summed E-state index contributed by atoms with van der Waals surface area (Å²) in [5.74, 6) is -0.432. The summed E-state index contributed by atoms with van der Waals surface area (Å²) in [6.45, 7) is 5.62. The minimum absolute atomic E-state index is 0.0255. The van der Waals surface area contributed by atoms with Crippen LogP contribution in [0, 0.1) is 18.7 Å². The number of ketones is 1. The van der Waals surface area contributed by atoms with Crippen molar-refractivity contribution in [1.82, 2.24) is 4.98 Å². The van der Waals surface area contributed by atoms with Crippen LogP contribution >= 0.6 is 0 Å². The fraction of sp³-hybridized carbons (Fsp3) is 0.296. The summed E-state index contributed by atoms with van der Waals surface area (Å²) in [5, 5.41) is 4.02. The van der Waals surface area contributed by atoms with E-state index in [0.29, 0.717) is 34.4 Å². The molecule has 35 heavy (non-hydrogen) atoms. The number of pyridine rings is 1. The molecule has 4 nitrogen and oxygen atoms in total. The lowest BCUT2D eigenvalue weighted by Crippen LogP contribution is -2.14. The Morgan fingerprint density at radius 1 is 1.11 bits per heavy atom. The van der Waals surface area contributed by atoms with Crippen molar-refractivity contribution < 1.29 is 27.2 Å². The number of halogens is 4. The molecular weight excluding hydrogens is 460 g/mol. The van der Waals surface area contributed by atoms with Crippen LogP contribution in [0.4, 0.5) is 17.6 Å². The summed E-state index contributed by atoms with van der Waals surface area (Å²) < 4.78 is 55.2. The van der Waals surface area contributed by atoms with Crippen molar-refractivity contribution in [2.24, 2.45) is 11.1 Å². The number of oxime groups is 1. The standard InChI is InChI=1S/C27H24F4N2O2/c1-15(2)9-24(34)19-12-17(20-7-6-16(3)10-22(20)28)11-18(13-19)23-14-25(35-33-23)26-21(27(29,30)31)5-4-8-32-26/h4-8,10-13,15,25H,9,14H2,1-3H3. The van der Waals surface area contributed by atoms with E-state index in [9.17, 15) is 22.4 Å². The number of nitrogens with zero attached hydrogens (tertiary/aromatic N) is 2. The highest BCUT2D eigenvalue weighted by Crippen LogP contribution is 2.38. The molecular formula is C27H24F4N2O2. The number of rotatable bonds is 6. The first-order valence-electron chi connectivity index (χ1n) is 11.2. The molecule has 2 aromatic carbocycles. The van der Waals surface area contributed by atoms with Crippen molar-refractivity contribution in [3.05, 3.63) is 88.5 Å². The van der Waals surface area contributed by atoms with Gasteiger partial charge in [0.05, 0.1) is 17.0 Å². The Kier molecular flexibility index (Phi) is 6.74. The number of carbonyl (C=O) groups excluding carboxylic acids is 1. The molecule has 1 aliphatic rings. The third-order valence-electron chi connectivity index (χ3n) is 5.74. The minimum Gasteiger partial charge on any atom is -0.385 e. The van der Waals surface area contributed by atoms with Crippen LogP contribution in [0.2, 0.25) is 0 Å². The second-order valence-corrected chi connectivity index (χ2v) is 9.07. The van der Waals surface area contributed by atoms with Crippen LogP contribution in [0.5, 0.6) is 0 Å². The molecule has 0 fully saturated rings. The molecule has 1 unspecified atom stereocenters. The number of Topliss-reactive ketones (excluding diaryl/α,β-unsaturated/α-hetero) is 1. The van der Waals surface area contributed by atoms with Crippen LogP contribution in [0.1, 0.15) is 65.5 Å². The van der Waals surface area contributed by atoms with Crippen LogP contribution < -0.4 is 0 Å². The normalized spacial score (nSPS) is 15.8. The Labute approximate surface area is 200 Å². The van der Waals surface area contributed by atoms with Gasteiger partial charge >= 0.3 is 6.18 Å². The predicted octanol–water partition coefficient (Wildman–Crippen LogP) is 7.31. The zero-order valence-corrected chi connectivity index (χ0v) is 19.5. The molecule has 0 saturated heterocycles. The highest BCUT2D eigenvalue weighted by atomic mass is 19.4. The number of benzene rings is 2. The van der Waals surface area contributed by atoms with Gasteiger partial charge in [0.1, 0.15) is 5.82 Å². The molecule has 3 aromatic rings. The third kappa shape index (κ3) is 5.42. The lowest BCUT2D eigenvalue weighted by atomic mass is 9.91. The minimum atomic E-state index is -4.59. The summed E-state index contributed by atoms with van der Waals surface area (Å²) in [4.78, 5) is 22.1. The molecule has 0 radical (unpaired) electrons. The lowest BCUT2D eigenvalue weighted by Gasteiger charge is -2.15. The van der Waals surface area contributed by atoms with E-state index in [2.05, 4.69) is 10.1 Å². The van der Waals surface area contributed by atoms with Gasteiger partial charge in [0.25, 0.3) is 0 Å². The first-order chi connectivity index (χ1) is 16.5. The maximum atomic E-state index is 14.8. The van der Waals surface area contributed by atoms with Gasteiger partial charge in [-0.15, -0.1) is 0 Å². The van der Waals surface area contributed by atoms with Gasteiger partial charge in [-0.2, -0.15) is 13.2 Å². The fourth-order valence-electron chi connectivity index (χ4n) is 4.06. The van der Waals surface area contributed by atoms with Crippen molar-refractivity contribution in [2.45, 2.75) is 45.9 Å². The summed E-state index contributed by atoms with van der Waals surface area (Å²) in [6, 6.07) is 11.9. The summed E-state index contributed by atoms with van der Waals surface area (Å²) in [5.41, 5.74) is 1.64. The zero-order valence-electron chi connectivity index (χ0n) is 19.5. The van der Waals surface area contributed by atoms with Crippen molar-refractivity contribution in [2.75, 3.05) is 0 Å². The van der Waals surface area contributed by atoms with Crippen molar-refractivity contribution >= 4 is 11.5 Å². The Morgan fingerprint density at radius 3 is 2.54 bits per heavy atom.